The minimum absolute atomic E-state index is 0.0455. The largest absolute Gasteiger partial charge is 0.421 e. The van der Waals surface area contributed by atoms with Crippen molar-refractivity contribution in [2.24, 2.45) is 0 Å². The summed E-state index contributed by atoms with van der Waals surface area (Å²) in [5.74, 6) is -0.155. The second kappa shape index (κ2) is 7.06. The summed E-state index contributed by atoms with van der Waals surface area (Å²) in [6.07, 6.45) is -0.254. The molecule has 1 aromatic heterocycles. The van der Waals surface area contributed by atoms with E-state index >= 15 is 0 Å². The minimum Gasteiger partial charge on any atom is -0.381 e. The summed E-state index contributed by atoms with van der Waals surface area (Å²) in [7, 11) is 0. The molecule has 10 heteroatoms. The van der Waals surface area contributed by atoms with Crippen LogP contribution in [-0.4, -0.2) is 58.2 Å². The topological polar surface area (TPSA) is 79.4 Å². The van der Waals surface area contributed by atoms with Gasteiger partial charge in [0.25, 0.3) is 0 Å². The number of hydrogen-bond donors (Lipinski definition) is 2. The van der Waals surface area contributed by atoms with E-state index in [0.29, 0.717) is 19.8 Å². The number of amides is 1. The molecule has 1 amide bonds. The van der Waals surface area contributed by atoms with Crippen LogP contribution in [0.1, 0.15) is 44.6 Å². The highest BCUT2D eigenvalue weighted by atomic mass is 19.4. The lowest BCUT2D eigenvalue weighted by molar-refractivity contribution is -0.137. The van der Waals surface area contributed by atoms with Gasteiger partial charge >= 0.3 is 6.18 Å². The fraction of sp³-hybridized carbons (Fsp3) is 0.722. The highest BCUT2D eigenvalue weighted by Gasteiger charge is 2.41. The molecule has 1 aromatic rings. The molecule has 3 aliphatic rings. The molecule has 3 fully saturated rings. The van der Waals surface area contributed by atoms with Crippen molar-refractivity contribution in [2.45, 2.75) is 62.8 Å². The summed E-state index contributed by atoms with van der Waals surface area (Å²) in [5.41, 5.74) is -1.07. The molecule has 28 heavy (non-hydrogen) atoms. The Balaban J connectivity index is 1.51. The number of halogens is 3. The molecular weight excluding hydrogens is 375 g/mol. The number of carbonyl (C=O) groups is 1. The zero-order chi connectivity index (χ0) is 19.9. The van der Waals surface area contributed by atoms with Gasteiger partial charge in [-0.25, -0.2) is 4.98 Å². The van der Waals surface area contributed by atoms with Gasteiger partial charge in [-0.1, -0.05) is 0 Å². The van der Waals surface area contributed by atoms with Crippen molar-refractivity contribution in [1.29, 1.82) is 0 Å². The molecule has 2 aliphatic heterocycles. The van der Waals surface area contributed by atoms with Crippen LogP contribution >= 0.6 is 0 Å². The molecular formula is C18H24F3N5O2. The summed E-state index contributed by atoms with van der Waals surface area (Å²) in [4.78, 5) is 22.1. The summed E-state index contributed by atoms with van der Waals surface area (Å²) >= 11 is 0. The van der Waals surface area contributed by atoms with Crippen LogP contribution in [0.3, 0.4) is 0 Å². The van der Waals surface area contributed by atoms with Crippen LogP contribution in [0.25, 0.3) is 0 Å². The van der Waals surface area contributed by atoms with Gasteiger partial charge in [0, 0.05) is 44.0 Å². The molecule has 7 nitrogen and oxygen atoms in total. The molecule has 0 aromatic carbocycles. The molecule has 1 saturated carbocycles. The first-order chi connectivity index (χ1) is 13.2. The molecule has 0 radical (unpaired) electrons. The fourth-order valence-electron chi connectivity index (χ4n) is 3.71. The van der Waals surface area contributed by atoms with Crippen LogP contribution in [0, 0.1) is 0 Å². The first kappa shape index (κ1) is 19.2. The highest BCUT2D eigenvalue weighted by molar-refractivity contribution is 5.80. The Labute approximate surface area is 161 Å². The Morgan fingerprint density at radius 1 is 1.29 bits per heavy atom. The van der Waals surface area contributed by atoms with E-state index in [4.69, 9.17) is 4.74 Å². The van der Waals surface area contributed by atoms with E-state index in [-0.39, 0.29) is 35.7 Å². The lowest BCUT2D eigenvalue weighted by atomic mass is 10.1. The van der Waals surface area contributed by atoms with Gasteiger partial charge in [-0.2, -0.15) is 18.2 Å². The molecule has 2 N–H and O–H groups in total. The van der Waals surface area contributed by atoms with Crippen LogP contribution in [0.5, 0.6) is 0 Å². The van der Waals surface area contributed by atoms with Crippen molar-refractivity contribution in [3.8, 4) is 0 Å². The number of nitrogens with one attached hydrogen (secondary N) is 2. The molecule has 1 atom stereocenters. The standard InChI is InChI=1S/C18H24F3N5O2/c1-17(4-5-17)25-16-22-9-13(18(19,20)21)15(24-16)23-11-8-14(27)26(10-11)12-2-6-28-7-3-12/h9,11-12H,2-8,10H2,1H3,(H2,22,23,24,25). The van der Waals surface area contributed by atoms with Crippen molar-refractivity contribution in [1.82, 2.24) is 14.9 Å². The Hall–Kier alpha value is -2.10. The minimum atomic E-state index is -4.58. The number of nitrogens with zero attached hydrogens (tertiary/aromatic N) is 3. The summed E-state index contributed by atoms with van der Waals surface area (Å²) in [6.45, 7) is 3.54. The molecule has 154 valence electrons. The Morgan fingerprint density at radius 2 is 2.00 bits per heavy atom. The smallest absolute Gasteiger partial charge is 0.381 e. The second-order valence-corrected chi connectivity index (χ2v) is 8.07. The van der Waals surface area contributed by atoms with E-state index in [2.05, 4.69) is 20.6 Å². The number of hydrogen-bond acceptors (Lipinski definition) is 6. The first-order valence-electron chi connectivity index (χ1n) is 9.60. The fourth-order valence-corrected chi connectivity index (χ4v) is 3.71. The van der Waals surface area contributed by atoms with Gasteiger partial charge in [0.1, 0.15) is 11.4 Å². The lowest BCUT2D eigenvalue weighted by Crippen LogP contribution is -2.41. The van der Waals surface area contributed by atoms with Gasteiger partial charge in [-0.15, -0.1) is 0 Å². The van der Waals surface area contributed by atoms with Gasteiger partial charge in [-0.3, -0.25) is 4.79 Å². The van der Waals surface area contributed by atoms with Crippen molar-refractivity contribution >= 4 is 17.7 Å². The monoisotopic (exact) mass is 399 g/mol. The van der Waals surface area contributed by atoms with E-state index in [0.717, 1.165) is 31.9 Å². The number of ether oxygens (including phenoxy) is 1. The Morgan fingerprint density at radius 3 is 2.64 bits per heavy atom. The third-order valence-corrected chi connectivity index (χ3v) is 5.64. The van der Waals surface area contributed by atoms with Gasteiger partial charge in [0.2, 0.25) is 11.9 Å². The van der Waals surface area contributed by atoms with Crippen molar-refractivity contribution in [3.63, 3.8) is 0 Å². The molecule has 1 aliphatic carbocycles. The van der Waals surface area contributed by atoms with E-state index in [1.54, 1.807) is 4.90 Å². The average molecular weight is 399 g/mol. The number of aromatic nitrogens is 2. The van der Waals surface area contributed by atoms with Gasteiger partial charge in [-0.05, 0) is 32.6 Å². The number of likely N-dealkylation sites (tertiary alicyclic amines) is 1. The van der Waals surface area contributed by atoms with Gasteiger partial charge in [0.15, 0.2) is 0 Å². The highest BCUT2D eigenvalue weighted by Crippen LogP contribution is 2.39. The molecule has 4 rings (SSSR count). The van der Waals surface area contributed by atoms with Crippen LogP contribution in [0.4, 0.5) is 24.9 Å². The quantitative estimate of drug-likeness (QED) is 0.793. The lowest BCUT2D eigenvalue weighted by Gasteiger charge is -2.31. The number of rotatable bonds is 5. The van der Waals surface area contributed by atoms with Crippen LogP contribution < -0.4 is 10.6 Å². The van der Waals surface area contributed by atoms with Crippen molar-refractivity contribution in [2.75, 3.05) is 30.4 Å². The van der Waals surface area contributed by atoms with E-state index in [9.17, 15) is 18.0 Å². The van der Waals surface area contributed by atoms with Crippen LogP contribution in [0.15, 0.2) is 6.20 Å². The van der Waals surface area contributed by atoms with E-state index < -0.39 is 17.8 Å². The number of alkyl halides is 3. The third kappa shape index (κ3) is 4.16. The summed E-state index contributed by atoms with van der Waals surface area (Å²) < 4.78 is 45.6. The zero-order valence-electron chi connectivity index (χ0n) is 15.7. The van der Waals surface area contributed by atoms with E-state index in [1.807, 2.05) is 6.92 Å². The van der Waals surface area contributed by atoms with Gasteiger partial charge < -0.3 is 20.3 Å². The summed E-state index contributed by atoms with van der Waals surface area (Å²) in [6, 6.07) is -0.330. The molecule has 2 saturated heterocycles. The molecule has 3 heterocycles. The number of carbonyl (C=O) groups excluding carboxylic acids is 1. The van der Waals surface area contributed by atoms with Crippen LogP contribution in [0.2, 0.25) is 0 Å². The van der Waals surface area contributed by atoms with Gasteiger partial charge in [0.05, 0.1) is 6.04 Å². The molecule has 0 bridgehead atoms. The Bertz CT molecular complexity index is 747. The first-order valence-corrected chi connectivity index (χ1v) is 9.60. The SMILES string of the molecule is CC1(Nc2ncc(C(F)(F)F)c(NC3CC(=O)N(C4CCOCC4)C3)n2)CC1. The maximum Gasteiger partial charge on any atom is 0.421 e. The predicted molar refractivity (Wildman–Crippen MR) is 95.9 cm³/mol. The molecule has 0 spiro atoms. The normalized spacial score (nSPS) is 25.1. The zero-order valence-corrected chi connectivity index (χ0v) is 15.7. The van der Waals surface area contributed by atoms with Crippen molar-refractivity contribution < 1.29 is 22.7 Å². The average Bonchev–Trinajstić information content (AvgIpc) is 3.24. The Kier molecular flexibility index (Phi) is 4.84. The van der Waals surface area contributed by atoms with Crippen molar-refractivity contribution in [3.05, 3.63) is 11.8 Å². The maximum atomic E-state index is 13.4. The summed E-state index contributed by atoms with van der Waals surface area (Å²) in [5, 5.41) is 5.94. The number of anilines is 2. The molecule has 1 unspecified atom stereocenters. The third-order valence-electron chi connectivity index (χ3n) is 5.64. The predicted octanol–water partition coefficient (Wildman–Crippen LogP) is 2.65. The second-order valence-electron chi connectivity index (χ2n) is 8.07. The van der Waals surface area contributed by atoms with E-state index in [1.165, 1.54) is 0 Å². The maximum absolute atomic E-state index is 13.4. The van der Waals surface area contributed by atoms with Crippen LogP contribution in [-0.2, 0) is 15.7 Å².